The minimum Gasteiger partial charge on any atom is -0.332 e. The molecule has 8 heteroatoms. The molecule has 4 aromatic rings. The molecule has 0 spiro atoms. The van der Waals surface area contributed by atoms with Crippen LogP contribution in [0.3, 0.4) is 0 Å². The van der Waals surface area contributed by atoms with Gasteiger partial charge < -0.3 is 5.32 Å². The first-order chi connectivity index (χ1) is 14.5. The largest absolute Gasteiger partial charge is 0.342 e. The van der Waals surface area contributed by atoms with Gasteiger partial charge >= 0.3 is 6.03 Å². The third-order valence-electron chi connectivity index (χ3n) is 4.57. The van der Waals surface area contributed by atoms with Crippen LogP contribution in [0.5, 0.6) is 0 Å². The summed E-state index contributed by atoms with van der Waals surface area (Å²) >= 11 is 0. The fraction of sp³-hybridized carbons (Fsp3) is 0.136. The van der Waals surface area contributed by atoms with Gasteiger partial charge in [0, 0.05) is 48.2 Å². The fourth-order valence-electron chi connectivity index (χ4n) is 3.14. The third-order valence-corrected chi connectivity index (χ3v) is 4.57. The van der Waals surface area contributed by atoms with Crippen LogP contribution in [0.15, 0.2) is 61.3 Å². The summed E-state index contributed by atoms with van der Waals surface area (Å²) in [4.78, 5) is 25.1. The van der Waals surface area contributed by atoms with Crippen LogP contribution in [0.25, 0.3) is 22.5 Å². The van der Waals surface area contributed by atoms with Gasteiger partial charge in [0.2, 0.25) is 0 Å². The Bertz CT molecular complexity index is 1220. The third kappa shape index (κ3) is 4.07. The molecule has 0 bridgehead atoms. The summed E-state index contributed by atoms with van der Waals surface area (Å²) in [6, 6.07) is 8.28. The number of carbonyl (C=O) groups is 1. The van der Waals surface area contributed by atoms with Crippen LogP contribution in [0.4, 0.5) is 9.18 Å². The molecule has 30 heavy (non-hydrogen) atoms. The zero-order chi connectivity index (χ0) is 21.1. The second kappa shape index (κ2) is 8.20. The molecule has 0 saturated carbocycles. The monoisotopic (exact) mass is 402 g/mol. The fourth-order valence-corrected chi connectivity index (χ4v) is 3.14. The molecular formula is C22H19FN6O. The van der Waals surface area contributed by atoms with E-state index in [9.17, 15) is 9.18 Å². The van der Waals surface area contributed by atoms with E-state index in [-0.39, 0.29) is 12.2 Å². The second-order valence-corrected chi connectivity index (χ2v) is 6.86. The first-order valence-corrected chi connectivity index (χ1v) is 9.33. The van der Waals surface area contributed by atoms with E-state index in [4.69, 9.17) is 0 Å². The van der Waals surface area contributed by atoms with Gasteiger partial charge in [-0.15, -0.1) is 0 Å². The Hall–Kier alpha value is -3.94. The van der Waals surface area contributed by atoms with Crippen molar-refractivity contribution in [2.45, 2.75) is 20.4 Å². The topological polar surface area (TPSA) is 85.6 Å². The van der Waals surface area contributed by atoms with E-state index in [2.05, 4.69) is 25.4 Å². The Labute approximate surface area is 172 Å². The normalized spacial score (nSPS) is 10.8. The van der Waals surface area contributed by atoms with Crippen LogP contribution in [0, 0.1) is 19.7 Å². The average Bonchev–Trinajstić information content (AvgIpc) is 3.22. The molecule has 4 rings (SSSR count). The highest BCUT2D eigenvalue weighted by Gasteiger charge is 2.12. The summed E-state index contributed by atoms with van der Waals surface area (Å²) in [5.41, 5.74) is 5.24. The molecule has 4 heterocycles. The number of hydrogen-bond acceptors (Lipinski definition) is 5. The summed E-state index contributed by atoms with van der Waals surface area (Å²) in [6.07, 6.45) is 7.83. The second-order valence-electron chi connectivity index (χ2n) is 6.86. The van der Waals surface area contributed by atoms with Crippen molar-refractivity contribution < 1.29 is 9.18 Å². The van der Waals surface area contributed by atoms with Gasteiger partial charge in [-0.2, -0.15) is 9.78 Å². The average molecular weight is 402 g/mol. The maximum Gasteiger partial charge on any atom is 0.342 e. The van der Waals surface area contributed by atoms with Crippen molar-refractivity contribution in [1.82, 2.24) is 30.0 Å². The standard InChI is InChI=1S/C22H19FN6O/c1-14-8-16(10-26-20(14)17-5-7-24-15(2)9-17)11-27-22(30)29-13-18(12-28-29)21-19(23)4-3-6-25-21/h3-10,12-13H,11H2,1-2H3,(H,27,30). The van der Waals surface area contributed by atoms with Crippen molar-refractivity contribution in [2.75, 3.05) is 0 Å². The number of carbonyl (C=O) groups excluding carboxylic acids is 1. The molecule has 0 aliphatic heterocycles. The number of pyridine rings is 3. The molecule has 0 radical (unpaired) electrons. The van der Waals surface area contributed by atoms with E-state index in [1.165, 1.54) is 30.7 Å². The van der Waals surface area contributed by atoms with Gasteiger partial charge in [0.25, 0.3) is 0 Å². The number of aromatic nitrogens is 5. The number of rotatable bonds is 4. The quantitative estimate of drug-likeness (QED) is 0.559. The van der Waals surface area contributed by atoms with Crippen LogP contribution >= 0.6 is 0 Å². The Morgan fingerprint density at radius 1 is 1.03 bits per heavy atom. The maximum atomic E-state index is 13.9. The number of nitrogens with one attached hydrogen (secondary N) is 1. The molecule has 150 valence electrons. The lowest BCUT2D eigenvalue weighted by molar-refractivity contribution is 0.239. The van der Waals surface area contributed by atoms with E-state index in [1.807, 2.05) is 32.0 Å². The predicted molar refractivity (Wildman–Crippen MR) is 110 cm³/mol. The molecule has 0 fully saturated rings. The number of halogens is 1. The van der Waals surface area contributed by atoms with Gasteiger partial charge in [-0.05, 0) is 49.2 Å². The Morgan fingerprint density at radius 3 is 2.67 bits per heavy atom. The van der Waals surface area contributed by atoms with Crippen LogP contribution in [0.2, 0.25) is 0 Å². The maximum absolute atomic E-state index is 13.9. The molecule has 0 atom stereocenters. The molecule has 0 aliphatic rings. The Kier molecular flexibility index (Phi) is 5.30. The molecule has 1 amide bonds. The lowest BCUT2D eigenvalue weighted by Crippen LogP contribution is -2.28. The zero-order valence-corrected chi connectivity index (χ0v) is 16.5. The summed E-state index contributed by atoms with van der Waals surface area (Å²) < 4.78 is 15.0. The van der Waals surface area contributed by atoms with Crippen molar-refractivity contribution in [2.24, 2.45) is 0 Å². The van der Waals surface area contributed by atoms with Crippen molar-refractivity contribution in [3.8, 4) is 22.5 Å². The molecule has 0 saturated heterocycles. The van der Waals surface area contributed by atoms with E-state index >= 15 is 0 Å². The summed E-state index contributed by atoms with van der Waals surface area (Å²) in [6.45, 7) is 4.20. The highest BCUT2D eigenvalue weighted by atomic mass is 19.1. The lowest BCUT2D eigenvalue weighted by atomic mass is 10.1. The van der Waals surface area contributed by atoms with Gasteiger partial charge in [-0.3, -0.25) is 15.0 Å². The molecule has 0 unspecified atom stereocenters. The predicted octanol–water partition coefficient (Wildman–Crippen LogP) is 3.92. The van der Waals surface area contributed by atoms with Crippen LogP contribution < -0.4 is 5.32 Å². The van der Waals surface area contributed by atoms with Gasteiger partial charge in [0.1, 0.15) is 11.5 Å². The molecular weight excluding hydrogens is 383 g/mol. The zero-order valence-electron chi connectivity index (χ0n) is 16.5. The summed E-state index contributed by atoms with van der Waals surface area (Å²) in [7, 11) is 0. The highest BCUT2D eigenvalue weighted by molar-refractivity contribution is 5.77. The van der Waals surface area contributed by atoms with Crippen LogP contribution in [-0.2, 0) is 6.54 Å². The number of aryl methyl sites for hydroxylation is 2. The van der Waals surface area contributed by atoms with Gasteiger partial charge in [0.05, 0.1) is 11.9 Å². The van der Waals surface area contributed by atoms with Crippen molar-refractivity contribution in [3.63, 3.8) is 0 Å². The van der Waals surface area contributed by atoms with E-state index in [1.54, 1.807) is 12.4 Å². The first-order valence-electron chi connectivity index (χ1n) is 9.33. The van der Waals surface area contributed by atoms with Crippen molar-refractivity contribution in [1.29, 1.82) is 0 Å². The van der Waals surface area contributed by atoms with Gasteiger partial charge in [-0.1, -0.05) is 6.07 Å². The van der Waals surface area contributed by atoms with E-state index < -0.39 is 11.8 Å². The van der Waals surface area contributed by atoms with Crippen LogP contribution in [0.1, 0.15) is 16.8 Å². The number of nitrogens with zero attached hydrogens (tertiary/aromatic N) is 5. The van der Waals surface area contributed by atoms with Crippen LogP contribution in [-0.4, -0.2) is 30.8 Å². The Morgan fingerprint density at radius 2 is 1.90 bits per heavy atom. The smallest absolute Gasteiger partial charge is 0.332 e. The Balaban J connectivity index is 1.44. The molecule has 4 aromatic heterocycles. The molecule has 7 nitrogen and oxygen atoms in total. The molecule has 0 aromatic carbocycles. The molecule has 0 aliphatic carbocycles. The van der Waals surface area contributed by atoms with Crippen molar-refractivity contribution in [3.05, 3.63) is 84.0 Å². The summed E-state index contributed by atoms with van der Waals surface area (Å²) in [5, 5.41) is 6.79. The van der Waals surface area contributed by atoms with E-state index in [0.717, 1.165) is 32.8 Å². The first kappa shape index (κ1) is 19.4. The molecule has 1 N–H and O–H groups in total. The number of hydrogen-bond donors (Lipinski definition) is 1. The lowest BCUT2D eigenvalue weighted by Gasteiger charge is -2.09. The minimum atomic E-state index is -0.469. The highest BCUT2D eigenvalue weighted by Crippen LogP contribution is 2.22. The van der Waals surface area contributed by atoms with Gasteiger partial charge in [0.15, 0.2) is 0 Å². The SMILES string of the molecule is Cc1cc(-c2ncc(CNC(=O)n3cc(-c4ncccc4F)cn3)cc2C)ccn1. The number of amides is 1. The minimum absolute atomic E-state index is 0.151. The van der Waals surface area contributed by atoms with E-state index in [0.29, 0.717) is 5.56 Å². The van der Waals surface area contributed by atoms with Gasteiger partial charge in [-0.25, -0.2) is 9.18 Å². The summed E-state index contributed by atoms with van der Waals surface area (Å²) in [5.74, 6) is -0.469. The van der Waals surface area contributed by atoms with Crippen molar-refractivity contribution >= 4 is 6.03 Å².